The Kier molecular flexibility index (Phi) is 7.51. The van der Waals surface area contributed by atoms with Crippen molar-refractivity contribution >= 4 is 11.7 Å². The fourth-order valence-corrected chi connectivity index (χ4v) is 5.83. The molecule has 7 nitrogen and oxygen atoms in total. The molecule has 38 heavy (non-hydrogen) atoms. The van der Waals surface area contributed by atoms with Gasteiger partial charge in [0.05, 0.1) is 31.9 Å². The molecule has 0 aliphatic carbocycles. The number of hydrogen-bond acceptors (Lipinski definition) is 4. The van der Waals surface area contributed by atoms with E-state index in [9.17, 15) is 14.0 Å². The Labute approximate surface area is 222 Å². The fourth-order valence-electron chi connectivity index (χ4n) is 5.83. The summed E-state index contributed by atoms with van der Waals surface area (Å²) in [7, 11) is 0. The fraction of sp³-hybridized carbons (Fsp3) is 0.400. The number of amides is 1. The quantitative estimate of drug-likeness (QED) is 0.476. The lowest BCUT2D eigenvalue weighted by molar-refractivity contribution is -0.921. The number of hydrogen-bond donors (Lipinski definition) is 2. The number of carbonyl (C=O) groups is 1. The highest BCUT2D eigenvalue weighted by Crippen LogP contribution is 2.41. The van der Waals surface area contributed by atoms with E-state index in [1.165, 1.54) is 23.1 Å². The molecule has 0 radical (unpaired) electrons. The van der Waals surface area contributed by atoms with Gasteiger partial charge in [0, 0.05) is 42.9 Å². The number of nitrogens with one attached hydrogen (secondary N) is 2. The highest BCUT2D eigenvalue weighted by molar-refractivity contribution is 5.95. The molecule has 2 aliphatic heterocycles. The molecule has 0 atom stereocenters. The van der Waals surface area contributed by atoms with Gasteiger partial charge in [-0.05, 0) is 49.7 Å². The molecule has 1 amide bonds. The Bertz CT molecular complexity index is 1320. The number of quaternary nitrogens is 1. The van der Waals surface area contributed by atoms with Gasteiger partial charge in [-0.3, -0.25) is 14.5 Å². The normalized spacial score (nSPS) is 21.2. The van der Waals surface area contributed by atoms with Crippen LogP contribution in [-0.2, 0) is 11.3 Å². The third kappa shape index (κ3) is 5.45. The van der Waals surface area contributed by atoms with Gasteiger partial charge >= 0.3 is 0 Å². The number of aromatic amines is 1. The summed E-state index contributed by atoms with van der Waals surface area (Å²) in [6.07, 6.45) is 2.42. The number of piperidine rings is 1. The van der Waals surface area contributed by atoms with Crippen molar-refractivity contribution in [2.24, 2.45) is 5.41 Å². The Hall–Kier alpha value is -3.65. The maximum Gasteiger partial charge on any atom is 0.249 e. The Morgan fingerprint density at radius 1 is 0.974 bits per heavy atom. The molecule has 200 valence electrons. The molecule has 2 aliphatic rings. The van der Waals surface area contributed by atoms with E-state index in [4.69, 9.17) is 9.47 Å². The number of aromatic nitrogens is 1. The molecule has 3 aromatic rings. The van der Waals surface area contributed by atoms with E-state index in [0.717, 1.165) is 60.7 Å². The Morgan fingerprint density at radius 3 is 2.24 bits per heavy atom. The van der Waals surface area contributed by atoms with Crippen LogP contribution >= 0.6 is 0 Å². The smallest absolute Gasteiger partial charge is 0.249 e. The van der Waals surface area contributed by atoms with Crippen LogP contribution in [0.15, 0.2) is 59.4 Å². The second-order valence-corrected chi connectivity index (χ2v) is 10.3. The van der Waals surface area contributed by atoms with Crippen molar-refractivity contribution in [3.63, 3.8) is 0 Å². The minimum atomic E-state index is -0.281. The lowest BCUT2D eigenvalue weighted by Gasteiger charge is -2.36. The summed E-state index contributed by atoms with van der Waals surface area (Å²) < 4.78 is 25.7. The van der Waals surface area contributed by atoms with E-state index in [0.29, 0.717) is 32.0 Å². The minimum Gasteiger partial charge on any atom is -0.493 e. The van der Waals surface area contributed by atoms with Gasteiger partial charge in [-0.15, -0.1) is 0 Å². The Morgan fingerprint density at radius 2 is 1.63 bits per heavy atom. The molecule has 2 fully saturated rings. The molecule has 0 unspecified atom stereocenters. The summed E-state index contributed by atoms with van der Waals surface area (Å²) >= 11 is 0. The topological polar surface area (TPSA) is 76.1 Å². The molecule has 3 heterocycles. The van der Waals surface area contributed by atoms with Crippen molar-refractivity contribution in [2.75, 3.05) is 37.7 Å². The number of likely N-dealkylation sites (tertiary alicyclic amines) is 1. The SMILES string of the molecule is CCOc1cc(C[NH+]2CCC3(CC2)CC(=O)N(c2cccc(=O)[nH]2)C3)cc(OCC)c1-c1ccc(F)cc1. The number of anilines is 1. The number of rotatable bonds is 8. The predicted molar refractivity (Wildman–Crippen MR) is 144 cm³/mol. The average molecular weight is 521 g/mol. The standard InChI is InChI=1S/C30H34FN3O4/c1-3-37-24-16-21(17-25(38-4-2)29(24)22-8-10-23(31)11-9-22)19-33-14-12-30(13-15-33)18-28(36)34(20-30)26-6-5-7-27(35)32-26/h5-11,16-17H,3-4,12-15,18-20H2,1-2H3,(H,32,35)/p+1. The van der Waals surface area contributed by atoms with Gasteiger partial charge in [-0.2, -0.15) is 0 Å². The number of ether oxygens (including phenoxy) is 2. The third-order valence-corrected chi connectivity index (χ3v) is 7.69. The van der Waals surface area contributed by atoms with Crippen LogP contribution in [0.1, 0.15) is 38.7 Å². The van der Waals surface area contributed by atoms with Crippen molar-refractivity contribution in [1.82, 2.24) is 4.98 Å². The van der Waals surface area contributed by atoms with Gasteiger partial charge in [0.1, 0.15) is 29.7 Å². The first-order valence-electron chi connectivity index (χ1n) is 13.4. The summed E-state index contributed by atoms with van der Waals surface area (Å²) in [5.41, 5.74) is 2.58. The highest BCUT2D eigenvalue weighted by atomic mass is 19.1. The summed E-state index contributed by atoms with van der Waals surface area (Å²) in [5.74, 6) is 1.86. The maximum atomic E-state index is 13.6. The van der Waals surface area contributed by atoms with Crippen LogP contribution in [0.5, 0.6) is 11.5 Å². The first-order chi connectivity index (χ1) is 18.4. The van der Waals surface area contributed by atoms with Crippen LogP contribution < -0.4 is 24.8 Å². The van der Waals surface area contributed by atoms with Crippen molar-refractivity contribution in [3.05, 3.63) is 76.3 Å². The van der Waals surface area contributed by atoms with Crippen LogP contribution in [0.3, 0.4) is 0 Å². The molecular weight excluding hydrogens is 485 g/mol. The first-order valence-corrected chi connectivity index (χ1v) is 13.4. The zero-order chi connectivity index (χ0) is 26.7. The van der Waals surface area contributed by atoms with E-state index in [2.05, 4.69) is 17.1 Å². The number of nitrogens with zero attached hydrogens (tertiary/aromatic N) is 1. The van der Waals surface area contributed by atoms with Crippen LogP contribution in [0, 0.1) is 11.2 Å². The molecular formula is C30H35FN3O4+. The van der Waals surface area contributed by atoms with Gasteiger partial charge < -0.3 is 19.4 Å². The second kappa shape index (κ2) is 11.0. The third-order valence-electron chi connectivity index (χ3n) is 7.69. The lowest BCUT2D eigenvalue weighted by Crippen LogP contribution is -3.12. The number of halogens is 1. The van der Waals surface area contributed by atoms with E-state index < -0.39 is 0 Å². The first kappa shape index (κ1) is 26.0. The summed E-state index contributed by atoms with van der Waals surface area (Å²) in [5, 5.41) is 0. The van der Waals surface area contributed by atoms with Crippen LogP contribution in [0.2, 0.25) is 0 Å². The number of carbonyl (C=O) groups excluding carboxylic acids is 1. The van der Waals surface area contributed by atoms with Crippen molar-refractivity contribution in [1.29, 1.82) is 0 Å². The molecule has 0 bridgehead atoms. The molecule has 1 spiro atoms. The predicted octanol–water partition coefficient (Wildman–Crippen LogP) is 3.58. The molecule has 2 aromatic carbocycles. The van der Waals surface area contributed by atoms with E-state index in [-0.39, 0.29) is 22.7 Å². The molecule has 2 N–H and O–H groups in total. The van der Waals surface area contributed by atoms with Crippen LogP contribution in [-0.4, -0.2) is 43.7 Å². The average Bonchev–Trinajstić information content (AvgIpc) is 3.22. The largest absolute Gasteiger partial charge is 0.493 e. The lowest BCUT2D eigenvalue weighted by atomic mass is 9.77. The summed E-state index contributed by atoms with van der Waals surface area (Å²) in [6, 6.07) is 15.5. The summed E-state index contributed by atoms with van der Waals surface area (Å²) in [4.78, 5) is 30.6. The number of H-pyrrole nitrogens is 1. The molecule has 0 saturated carbocycles. The molecule has 2 saturated heterocycles. The maximum absolute atomic E-state index is 13.6. The monoisotopic (exact) mass is 520 g/mol. The zero-order valence-electron chi connectivity index (χ0n) is 22.0. The van der Waals surface area contributed by atoms with Crippen LogP contribution in [0.25, 0.3) is 11.1 Å². The summed E-state index contributed by atoms with van der Waals surface area (Å²) in [6.45, 7) is 8.32. The van der Waals surface area contributed by atoms with Gasteiger partial charge in [0.25, 0.3) is 0 Å². The van der Waals surface area contributed by atoms with Crippen molar-refractivity contribution in [2.45, 2.75) is 39.7 Å². The van der Waals surface area contributed by atoms with Gasteiger partial charge in [-0.25, -0.2) is 4.39 Å². The van der Waals surface area contributed by atoms with Gasteiger partial charge in [-0.1, -0.05) is 18.2 Å². The number of benzene rings is 2. The highest BCUT2D eigenvalue weighted by Gasteiger charge is 2.47. The second-order valence-electron chi connectivity index (χ2n) is 10.3. The molecule has 1 aromatic heterocycles. The molecule has 5 rings (SSSR count). The van der Waals surface area contributed by atoms with Crippen molar-refractivity contribution in [3.8, 4) is 22.6 Å². The van der Waals surface area contributed by atoms with E-state index in [1.807, 2.05) is 13.8 Å². The van der Waals surface area contributed by atoms with E-state index >= 15 is 0 Å². The minimum absolute atomic E-state index is 0.0489. The van der Waals surface area contributed by atoms with Gasteiger partial charge in [0.2, 0.25) is 11.5 Å². The number of pyridine rings is 1. The van der Waals surface area contributed by atoms with Crippen molar-refractivity contribution < 1.29 is 23.6 Å². The van der Waals surface area contributed by atoms with E-state index in [1.54, 1.807) is 29.2 Å². The Balaban J connectivity index is 1.32. The van der Waals surface area contributed by atoms with Crippen LogP contribution in [0.4, 0.5) is 10.2 Å². The molecule has 8 heteroatoms. The van der Waals surface area contributed by atoms with Gasteiger partial charge in [0.15, 0.2) is 0 Å². The zero-order valence-corrected chi connectivity index (χ0v) is 22.0.